The monoisotopic (exact) mass is 242 g/mol. The van der Waals surface area contributed by atoms with Gasteiger partial charge in [-0.15, -0.1) is 0 Å². The standard InChI is InChI=1S/C13H26N2O2/c1-6-10-8-15(9-11(7-2)14-10)12(16)17-13(3,4)5/h10-11,14H,6-9H2,1-5H3/t10-,11+. The van der Waals surface area contributed by atoms with Crippen molar-refractivity contribution in [2.24, 2.45) is 0 Å². The van der Waals surface area contributed by atoms with Crippen LogP contribution in [-0.4, -0.2) is 41.8 Å². The summed E-state index contributed by atoms with van der Waals surface area (Å²) in [5, 5.41) is 3.55. The Bertz CT molecular complexity index is 249. The molecule has 4 nitrogen and oxygen atoms in total. The van der Waals surface area contributed by atoms with E-state index in [1.165, 1.54) is 0 Å². The number of carbonyl (C=O) groups excluding carboxylic acids is 1. The summed E-state index contributed by atoms with van der Waals surface area (Å²) in [7, 11) is 0. The van der Waals surface area contributed by atoms with Crippen LogP contribution in [0.1, 0.15) is 47.5 Å². The maximum absolute atomic E-state index is 12.0. The van der Waals surface area contributed by atoms with Gasteiger partial charge in [0, 0.05) is 25.2 Å². The summed E-state index contributed by atoms with van der Waals surface area (Å²) in [5.74, 6) is 0. The number of hydrogen-bond donors (Lipinski definition) is 1. The van der Waals surface area contributed by atoms with Gasteiger partial charge in [-0.1, -0.05) is 13.8 Å². The minimum atomic E-state index is -0.411. The number of carbonyl (C=O) groups is 1. The van der Waals surface area contributed by atoms with E-state index in [4.69, 9.17) is 4.74 Å². The zero-order chi connectivity index (χ0) is 13.1. The van der Waals surface area contributed by atoms with E-state index in [-0.39, 0.29) is 6.09 Å². The third kappa shape index (κ3) is 4.54. The molecule has 4 heteroatoms. The Hall–Kier alpha value is -0.770. The van der Waals surface area contributed by atoms with Crippen LogP contribution < -0.4 is 5.32 Å². The lowest BCUT2D eigenvalue weighted by atomic mass is 10.1. The highest BCUT2D eigenvalue weighted by molar-refractivity contribution is 5.68. The van der Waals surface area contributed by atoms with E-state index < -0.39 is 5.60 Å². The average Bonchev–Trinajstić information content (AvgIpc) is 2.26. The molecule has 0 aromatic heterocycles. The normalized spacial score (nSPS) is 25.8. The lowest BCUT2D eigenvalue weighted by Crippen LogP contribution is -2.58. The molecule has 1 fully saturated rings. The van der Waals surface area contributed by atoms with Gasteiger partial charge in [0.1, 0.15) is 5.60 Å². The summed E-state index contributed by atoms with van der Waals surface area (Å²) in [6.07, 6.45) is 1.89. The molecule has 0 radical (unpaired) electrons. The second-order valence-corrected chi connectivity index (χ2v) is 5.76. The van der Waals surface area contributed by atoms with E-state index >= 15 is 0 Å². The van der Waals surface area contributed by atoms with Crippen LogP contribution in [-0.2, 0) is 4.74 Å². The molecule has 0 bridgehead atoms. The second-order valence-electron chi connectivity index (χ2n) is 5.76. The number of amides is 1. The number of ether oxygens (including phenoxy) is 1. The van der Waals surface area contributed by atoms with Crippen molar-refractivity contribution in [2.75, 3.05) is 13.1 Å². The second kappa shape index (κ2) is 5.71. The Morgan fingerprint density at radius 3 is 2.06 bits per heavy atom. The molecule has 100 valence electrons. The largest absolute Gasteiger partial charge is 0.444 e. The van der Waals surface area contributed by atoms with E-state index in [9.17, 15) is 4.79 Å². The van der Waals surface area contributed by atoms with Crippen molar-refractivity contribution in [2.45, 2.75) is 65.1 Å². The van der Waals surface area contributed by atoms with E-state index in [1.807, 2.05) is 25.7 Å². The molecule has 1 heterocycles. The topological polar surface area (TPSA) is 41.6 Å². The average molecular weight is 242 g/mol. The molecule has 17 heavy (non-hydrogen) atoms. The van der Waals surface area contributed by atoms with Gasteiger partial charge in [-0.3, -0.25) is 0 Å². The Morgan fingerprint density at radius 2 is 1.71 bits per heavy atom. The molecule has 0 aromatic rings. The van der Waals surface area contributed by atoms with Gasteiger partial charge in [-0.2, -0.15) is 0 Å². The molecule has 1 amide bonds. The minimum absolute atomic E-state index is 0.184. The molecule has 1 aliphatic rings. The molecule has 0 aromatic carbocycles. The summed E-state index contributed by atoms with van der Waals surface area (Å²) >= 11 is 0. The number of piperazine rings is 1. The Labute approximate surface area is 105 Å². The van der Waals surface area contributed by atoms with Gasteiger partial charge in [0.15, 0.2) is 0 Å². The predicted octanol–water partition coefficient (Wildman–Crippen LogP) is 2.38. The highest BCUT2D eigenvalue weighted by Gasteiger charge is 2.30. The molecule has 0 unspecified atom stereocenters. The number of rotatable bonds is 2. The van der Waals surface area contributed by atoms with Crippen LogP contribution in [0.25, 0.3) is 0 Å². The molecule has 2 atom stereocenters. The summed E-state index contributed by atoms with van der Waals surface area (Å²) in [5.41, 5.74) is -0.411. The lowest BCUT2D eigenvalue weighted by molar-refractivity contribution is 0.0149. The maximum Gasteiger partial charge on any atom is 0.410 e. The fraction of sp³-hybridized carbons (Fsp3) is 0.923. The van der Waals surface area contributed by atoms with E-state index in [0.29, 0.717) is 12.1 Å². The quantitative estimate of drug-likeness (QED) is 0.808. The first-order valence-electron chi connectivity index (χ1n) is 6.59. The first-order chi connectivity index (χ1) is 7.85. The molecule has 0 aliphatic carbocycles. The van der Waals surface area contributed by atoms with Gasteiger partial charge in [-0.05, 0) is 33.6 Å². The van der Waals surface area contributed by atoms with Crippen LogP contribution in [0, 0.1) is 0 Å². The molecule has 1 N–H and O–H groups in total. The molecule has 1 aliphatic heterocycles. The van der Waals surface area contributed by atoms with Crippen LogP contribution in [0.2, 0.25) is 0 Å². The van der Waals surface area contributed by atoms with Crippen molar-refractivity contribution >= 4 is 6.09 Å². The molecule has 1 saturated heterocycles. The van der Waals surface area contributed by atoms with Crippen LogP contribution in [0.3, 0.4) is 0 Å². The van der Waals surface area contributed by atoms with Gasteiger partial charge in [0.2, 0.25) is 0 Å². The van der Waals surface area contributed by atoms with Gasteiger partial charge in [-0.25, -0.2) is 4.79 Å². The molecule has 1 rings (SSSR count). The third-order valence-corrected chi connectivity index (χ3v) is 2.99. The van der Waals surface area contributed by atoms with Gasteiger partial charge in [0.05, 0.1) is 0 Å². The van der Waals surface area contributed by atoms with Crippen molar-refractivity contribution in [1.29, 1.82) is 0 Å². The van der Waals surface area contributed by atoms with Crippen LogP contribution in [0.4, 0.5) is 4.79 Å². The molecular weight excluding hydrogens is 216 g/mol. The zero-order valence-electron chi connectivity index (χ0n) is 11.7. The van der Waals surface area contributed by atoms with Gasteiger partial charge >= 0.3 is 6.09 Å². The highest BCUT2D eigenvalue weighted by atomic mass is 16.6. The minimum Gasteiger partial charge on any atom is -0.444 e. The Kier molecular flexibility index (Phi) is 4.80. The lowest BCUT2D eigenvalue weighted by Gasteiger charge is -2.39. The molecule has 0 saturated carbocycles. The van der Waals surface area contributed by atoms with Crippen molar-refractivity contribution in [3.63, 3.8) is 0 Å². The Morgan fingerprint density at radius 1 is 1.24 bits per heavy atom. The van der Waals surface area contributed by atoms with Crippen LogP contribution in [0.5, 0.6) is 0 Å². The maximum atomic E-state index is 12.0. The van der Waals surface area contributed by atoms with Crippen LogP contribution >= 0.6 is 0 Å². The van der Waals surface area contributed by atoms with Gasteiger partial charge < -0.3 is 15.0 Å². The van der Waals surface area contributed by atoms with E-state index in [0.717, 1.165) is 25.9 Å². The van der Waals surface area contributed by atoms with Crippen molar-refractivity contribution in [1.82, 2.24) is 10.2 Å². The summed E-state index contributed by atoms with van der Waals surface area (Å²) in [6.45, 7) is 11.5. The first-order valence-corrected chi connectivity index (χ1v) is 6.59. The fourth-order valence-electron chi connectivity index (χ4n) is 2.01. The smallest absolute Gasteiger partial charge is 0.410 e. The summed E-state index contributed by atoms with van der Waals surface area (Å²) in [4.78, 5) is 13.9. The predicted molar refractivity (Wildman–Crippen MR) is 69.1 cm³/mol. The van der Waals surface area contributed by atoms with Gasteiger partial charge in [0.25, 0.3) is 0 Å². The fourth-order valence-corrected chi connectivity index (χ4v) is 2.01. The van der Waals surface area contributed by atoms with Crippen molar-refractivity contribution in [3.8, 4) is 0 Å². The van der Waals surface area contributed by atoms with Crippen molar-refractivity contribution < 1.29 is 9.53 Å². The number of nitrogens with zero attached hydrogens (tertiary/aromatic N) is 1. The van der Waals surface area contributed by atoms with E-state index in [1.54, 1.807) is 0 Å². The summed E-state index contributed by atoms with van der Waals surface area (Å²) < 4.78 is 5.42. The molecular formula is C13H26N2O2. The first kappa shape index (κ1) is 14.3. The summed E-state index contributed by atoms with van der Waals surface area (Å²) in [6, 6.07) is 0.780. The zero-order valence-corrected chi connectivity index (χ0v) is 11.7. The highest BCUT2D eigenvalue weighted by Crippen LogP contribution is 2.14. The van der Waals surface area contributed by atoms with E-state index in [2.05, 4.69) is 19.2 Å². The third-order valence-electron chi connectivity index (χ3n) is 2.99. The van der Waals surface area contributed by atoms with Crippen LogP contribution in [0.15, 0.2) is 0 Å². The molecule has 0 spiro atoms. The number of nitrogens with one attached hydrogen (secondary N) is 1. The number of hydrogen-bond acceptors (Lipinski definition) is 3. The Balaban J connectivity index is 2.59. The van der Waals surface area contributed by atoms with Crippen molar-refractivity contribution in [3.05, 3.63) is 0 Å². The SMILES string of the molecule is CC[C@@H]1CN(C(=O)OC(C)(C)C)C[C@H](CC)N1.